The van der Waals surface area contributed by atoms with Crippen LogP contribution in [0.2, 0.25) is 0 Å². The van der Waals surface area contributed by atoms with E-state index in [0.717, 1.165) is 17.5 Å². The van der Waals surface area contributed by atoms with Crippen LogP contribution in [-0.4, -0.2) is 9.55 Å². The first-order chi connectivity index (χ1) is 9.78. The Bertz CT molecular complexity index is 838. The highest BCUT2D eigenvalue weighted by Crippen LogP contribution is 2.13. The number of hydrogen-bond donors (Lipinski definition) is 1. The van der Waals surface area contributed by atoms with E-state index >= 15 is 0 Å². The predicted molar refractivity (Wildman–Crippen MR) is 77.4 cm³/mol. The van der Waals surface area contributed by atoms with E-state index in [9.17, 15) is 4.79 Å². The fourth-order valence-corrected chi connectivity index (χ4v) is 2.33. The molecule has 0 bridgehead atoms. The summed E-state index contributed by atoms with van der Waals surface area (Å²) in [6.07, 6.45) is 0.782. The van der Waals surface area contributed by atoms with Gasteiger partial charge in [-0.05, 0) is 30.2 Å². The van der Waals surface area contributed by atoms with E-state index < -0.39 is 0 Å². The van der Waals surface area contributed by atoms with Crippen molar-refractivity contribution in [3.05, 3.63) is 70.1 Å². The number of aryl methyl sites for hydroxylation is 2. The first-order valence-corrected chi connectivity index (χ1v) is 6.44. The molecule has 0 aliphatic carbocycles. The van der Waals surface area contributed by atoms with Crippen molar-refractivity contribution in [1.82, 2.24) is 9.55 Å². The summed E-state index contributed by atoms with van der Waals surface area (Å²) in [7, 11) is 0. The van der Waals surface area contributed by atoms with Gasteiger partial charge in [-0.15, -0.1) is 0 Å². The smallest absolute Gasteiger partial charge is 0.306 e. The molecule has 1 heterocycles. The van der Waals surface area contributed by atoms with Crippen LogP contribution in [0.3, 0.4) is 0 Å². The maximum atomic E-state index is 12.0. The molecule has 0 aliphatic heterocycles. The van der Waals surface area contributed by atoms with Crippen LogP contribution in [0.5, 0.6) is 0 Å². The van der Waals surface area contributed by atoms with Crippen LogP contribution in [-0.2, 0) is 13.0 Å². The predicted octanol–water partition coefficient (Wildman–Crippen LogP) is 2.44. The first-order valence-electron chi connectivity index (χ1n) is 6.44. The molecule has 0 spiro atoms. The minimum Gasteiger partial charge on any atom is -0.306 e. The van der Waals surface area contributed by atoms with Gasteiger partial charge in [-0.3, -0.25) is 4.57 Å². The molecule has 3 aromatic rings. The molecular weight excluding hydrogens is 250 g/mol. The molecule has 0 saturated carbocycles. The normalized spacial score (nSPS) is 10.6. The minimum absolute atomic E-state index is 0.133. The molecule has 1 N–H and O–H groups in total. The number of hydrogen-bond acceptors (Lipinski definition) is 2. The number of nitrogens with one attached hydrogen (secondary N) is 1. The molecule has 20 heavy (non-hydrogen) atoms. The van der Waals surface area contributed by atoms with Crippen LogP contribution in [0, 0.1) is 11.3 Å². The first kappa shape index (κ1) is 12.2. The van der Waals surface area contributed by atoms with Crippen molar-refractivity contribution in [3.63, 3.8) is 0 Å². The molecule has 0 aliphatic rings. The number of H-pyrrole nitrogens is 1. The zero-order valence-electron chi connectivity index (χ0n) is 10.8. The summed E-state index contributed by atoms with van der Waals surface area (Å²) < 4.78 is 1.68. The van der Waals surface area contributed by atoms with Crippen LogP contribution < -0.4 is 5.69 Å². The number of fused-ring (bicyclic) bond motifs is 1. The number of nitrogens with zero attached hydrogens (tertiary/aromatic N) is 2. The second kappa shape index (κ2) is 5.06. The highest BCUT2D eigenvalue weighted by molar-refractivity contribution is 5.76. The zero-order valence-corrected chi connectivity index (χ0v) is 10.8. The average molecular weight is 263 g/mol. The van der Waals surface area contributed by atoms with Gasteiger partial charge in [0.2, 0.25) is 0 Å². The zero-order chi connectivity index (χ0) is 13.9. The Hall–Kier alpha value is -2.80. The van der Waals surface area contributed by atoms with E-state index in [-0.39, 0.29) is 5.69 Å². The van der Waals surface area contributed by atoms with Crippen LogP contribution in [0.4, 0.5) is 0 Å². The second-order valence-corrected chi connectivity index (χ2v) is 4.66. The summed E-state index contributed by atoms with van der Waals surface area (Å²) in [6, 6.07) is 17.4. The van der Waals surface area contributed by atoms with Gasteiger partial charge in [0.25, 0.3) is 0 Å². The molecule has 0 fully saturated rings. The molecule has 4 nitrogen and oxygen atoms in total. The Morgan fingerprint density at radius 3 is 2.70 bits per heavy atom. The van der Waals surface area contributed by atoms with Crippen LogP contribution in [0.1, 0.15) is 11.1 Å². The molecule has 2 aromatic carbocycles. The summed E-state index contributed by atoms with van der Waals surface area (Å²) in [4.78, 5) is 14.8. The Labute approximate surface area is 115 Å². The quantitative estimate of drug-likeness (QED) is 0.789. The second-order valence-electron chi connectivity index (χ2n) is 4.66. The molecule has 0 unspecified atom stereocenters. The summed E-state index contributed by atoms with van der Waals surface area (Å²) in [5.41, 5.74) is 3.16. The number of rotatable bonds is 3. The van der Waals surface area contributed by atoms with E-state index in [4.69, 9.17) is 5.26 Å². The molecule has 1 aromatic heterocycles. The van der Waals surface area contributed by atoms with Crippen molar-refractivity contribution in [3.8, 4) is 6.07 Å². The standard InChI is InChI=1S/C16H13N3O/c17-11-13-6-7-14-15(10-13)19(16(20)18-14)9-8-12-4-2-1-3-5-12/h1-7,10H,8-9H2,(H,18,20). The van der Waals surface area contributed by atoms with E-state index in [1.165, 1.54) is 5.56 Å². The van der Waals surface area contributed by atoms with E-state index in [1.807, 2.05) is 30.3 Å². The lowest BCUT2D eigenvalue weighted by molar-refractivity contribution is 0.691. The summed E-state index contributed by atoms with van der Waals surface area (Å²) in [5, 5.41) is 8.96. The highest BCUT2D eigenvalue weighted by Gasteiger charge is 2.07. The van der Waals surface area contributed by atoms with Gasteiger partial charge in [0.15, 0.2) is 0 Å². The van der Waals surface area contributed by atoms with Crippen molar-refractivity contribution in [2.75, 3.05) is 0 Å². The summed E-state index contributed by atoms with van der Waals surface area (Å²) >= 11 is 0. The van der Waals surface area contributed by atoms with Crippen molar-refractivity contribution in [2.45, 2.75) is 13.0 Å². The fourth-order valence-electron chi connectivity index (χ4n) is 2.33. The minimum atomic E-state index is -0.133. The topological polar surface area (TPSA) is 61.6 Å². The van der Waals surface area contributed by atoms with Gasteiger partial charge >= 0.3 is 5.69 Å². The molecule has 0 radical (unpaired) electrons. The molecule has 0 amide bonds. The molecule has 3 rings (SSSR count). The Kier molecular flexibility index (Phi) is 3.10. The molecule has 4 heteroatoms. The molecule has 98 valence electrons. The highest BCUT2D eigenvalue weighted by atomic mass is 16.1. The number of aromatic nitrogens is 2. The Morgan fingerprint density at radius 2 is 1.95 bits per heavy atom. The summed E-state index contributed by atoms with van der Waals surface area (Å²) in [5.74, 6) is 0. The number of nitriles is 1. The van der Waals surface area contributed by atoms with Gasteiger partial charge in [0.1, 0.15) is 0 Å². The fraction of sp³-hybridized carbons (Fsp3) is 0.125. The lowest BCUT2D eigenvalue weighted by Crippen LogP contribution is -2.17. The molecular formula is C16H13N3O. The average Bonchev–Trinajstić information content (AvgIpc) is 2.80. The van der Waals surface area contributed by atoms with Crippen LogP contribution in [0.15, 0.2) is 53.3 Å². The van der Waals surface area contributed by atoms with Gasteiger partial charge in [-0.25, -0.2) is 4.79 Å². The van der Waals surface area contributed by atoms with E-state index in [0.29, 0.717) is 12.1 Å². The maximum absolute atomic E-state index is 12.0. The maximum Gasteiger partial charge on any atom is 0.326 e. The molecule has 0 saturated heterocycles. The van der Waals surface area contributed by atoms with E-state index in [1.54, 1.807) is 22.8 Å². The largest absolute Gasteiger partial charge is 0.326 e. The van der Waals surface area contributed by atoms with Crippen molar-refractivity contribution in [2.24, 2.45) is 0 Å². The van der Waals surface area contributed by atoms with E-state index in [2.05, 4.69) is 11.1 Å². The Balaban J connectivity index is 1.97. The lowest BCUT2D eigenvalue weighted by Gasteiger charge is -2.04. The van der Waals surface area contributed by atoms with Crippen LogP contribution in [0.25, 0.3) is 11.0 Å². The van der Waals surface area contributed by atoms with Crippen molar-refractivity contribution in [1.29, 1.82) is 5.26 Å². The summed E-state index contributed by atoms with van der Waals surface area (Å²) in [6.45, 7) is 0.595. The third kappa shape index (κ3) is 2.21. The number of imidazole rings is 1. The Morgan fingerprint density at radius 1 is 1.15 bits per heavy atom. The monoisotopic (exact) mass is 263 g/mol. The number of aromatic amines is 1. The van der Waals surface area contributed by atoms with Gasteiger partial charge < -0.3 is 4.98 Å². The number of benzene rings is 2. The van der Waals surface area contributed by atoms with Gasteiger partial charge in [-0.1, -0.05) is 30.3 Å². The third-order valence-electron chi connectivity index (χ3n) is 3.37. The van der Waals surface area contributed by atoms with Crippen molar-refractivity contribution >= 4 is 11.0 Å². The van der Waals surface area contributed by atoms with Crippen molar-refractivity contribution < 1.29 is 0 Å². The van der Waals surface area contributed by atoms with Gasteiger partial charge in [0.05, 0.1) is 22.7 Å². The van der Waals surface area contributed by atoms with Gasteiger partial charge in [0, 0.05) is 6.54 Å². The SMILES string of the molecule is N#Cc1ccc2[nH]c(=O)n(CCc3ccccc3)c2c1. The van der Waals surface area contributed by atoms with Gasteiger partial charge in [-0.2, -0.15) is 5.26 Å². The lowest BCUT2D eigenvalue weighted by atomic mass is 10.1. The third-order valence-corrected chi connectivity index (χ3v) is 3.37. The molecule has 0 atom stereocenters. The van der Waals surface area contributed by atoms with Crippen LogP contribution >= 0.6 is 0 Å².